The molecule has 0 aliphatic rings. The van der Waals surface area contributed by atoms with E-state index in [1.165, 1.54) is 0 Å². The lowest BCUT2D eigenvalue weighted by Crippen LogP contribution is -2.25. The second-order valence-electron chi connectivity index (χ2n) is 3.21. The quantitative estimate of drug-likeness (QED) is 0.663. The number of hydrogen-bond donors (Lipinski definition) is 3. The van der Waals surface area contributed by atoms with E-state index >= 15 is 0 Å². The third-order valence-electron chi connectivity index (χ3n) is 1.94. The summed E-state index contributed by atoms with van der Waals surface area (Å²) in [6, 6.07) is 3.24. The standard InChI is InChI=1S/C10H15N3O2/c1-7(6-14)13-9-8(10(15)11-2)4-3-5-12-9/h3-5,7,14H,6H2,1-2H3,(H,11,15)(H,12,13)/t7-/m1/s1. The molecule has 1 aromatic heterocycles. The van der Waals surface area contributed by atoms with Gasteiger partial charge < -0.3 is 15.7 Å². The van der Waals surface area contributed by atoms with Crippen LogP contribution in [0.25, 0.3) is 0 Å². The molecule has 0 saturated carbocycles. The molecular formula is C10H15N3O2. The number of rotatable bonds is 4. The predicted octanol–water partition coefficient (Wildman–Crippen LogP) is 0.234. The van der Waals surface area contributed by atoms with Crippen molar-refractivity contribution in [2.45, 2.75) is 13.0 Å². The topological polar surface area (TPSA) is 74.2 Å². The van der Waals surface area contributed by atoms with E-state index in [1.807, 2.05) is 6.92 Å². The molecule has 1 aromatic rings. The van der Waals surface area contributed by atoms with Gasteiger partial charge in [0.15, 0.2) is 0 Å². The highest BCUT2D eigenvalue weighted by molar-refractivity contribution is 5.98. The third-order valence-corrected chi connectivity index (χ3v) is 1.94. The zero-order valence-electron chi connectivity index (χ0n) is 8.82. The molecular weight excluding hydrogens is 194 g/mol. The first-order valence-electron chi connectivity index (χ1n) is 4.73. The van der Waals surface area contributed by atoms with E-state index in [-0.39, 0.29) is 18.6 Å². The number of nitrogens with one attached hydrogen (secondary N) is 2. The summed E-state index contributed by atoms with van der Waals surface area (Å²) in [5, 5.41) is 14.4. The van der Waals surface area contributed by atoms with E-state index in [0.29, 0.717) is 11.4 Å². The van der Waals surface area contributed by atoms with Crippen LogP contribution >= 0.6 is 0 Å². The minimum atomic E-state index is -0.198. The molecule has 82 valence electrons. The molecule has 1 atom stereocenters. The second kappa shape index (κ2) is 5.31. The van der Waals surface area contributed by atoms with E-state index in [1.54, 1.807) is 25.4 Å². The maximum Gasteiger partial charge on any atom is 0.254 e. The Hall–Kier alpha value is -1.62. The number of aliphatic hydroxyl groups excluding tert-OH is 1. The molecule has 0 spiro atoms. The van der Waals surface area contributed by atoms with Crippen LogP contribution in [0, 0.1) is 0 Å². The molecule has 0 aliphatic carbocycles. The Labute approximate surface area is 88.5 Å². The van der Waals surface area contributed by atoms with Gasteiger partial charge in [0, 0.05) is 19.3 Å². The van der Waals surface area contributed by atoms with Crippen LogP contribution in [-0.4, -0.2) is 35.7 Å². The fourth-order valence-electron chi connectivity index (χ4n) is 1.12. The average Bonchev–Trinajstić information content (AvgIpc) is 2.28. The number of carbonyl (C=O) groups is 1. The summed E-state index contributed by atoms with van der Waals surface area (Å²) in [6.45, 7) is 1.80. The zero-order valence-corrected chi connectivity index (χ0v) is 8.82. The van der Waals surface area contributed by atoms with Crippen molar-refractivity contribution in [3.63, 3.8) is 0 Å². The van der Waals surface area contributed by atoms with Gasteiger partial charge in [-0.2, -0.15) is 0 Å². The van der Waals surface area contributed by atoms with Gasteiger partial charge in [0.2, 0.25) is 0 Å². The summed E-state index contributed by atoms with van der Waals surface area (Å²) in [5.74, 6) is 0.286. The highest BCUT2D eigenvalue weighted by Gasteiger charge is 2.11. The summed E-state index contributed by atoms with van der Waals surface area (Å²) in [7, 11) is 1.56. The van der Waals surface area contributed by atoms with Crippen molar-refractivity contribution < 1.29 is 9.90 Å². The summed E-state index contributed by atoms with van der Waals surface area (Å²) >= 11 is 0. The van der Waals surface area contributed by atoms with Gasteiger partial charge in [-0.15, -0.1) is 0 Å². The summed E-state index contributed by atoms with van der Waals surface area (Å²) in [6.07, 6.45) is 1.60. The smallest absolute Gasteiger partial charge is 0.254 e. The summed E-state index contributed by atoms with van der Waals surface area (Å²) < 4.78 is 0. The van der Waals surface area contributed by atoms with Crippen LogP contribution in [-0.2, 0) is 0 Å². The van der Waals surface area contributed by atoms with E-state index in [4.69, 9.17) is 5.11 Å². The maximum atomic E-state index is 11.5. The molecule has 0 unspecified atom stereocenters. The first-order valence-corrected chi connectivity index (χ1v) is 4.73. The van der Waals surface area contributed by atoms with E-state index in [2.05, 4.69) is 15.6 Å². The molecule has 15 heavy (non-hydrogen) atoms. The van der Waals surface area contributed by atoms with E-state index in [9.17, 15) is 4.79 Å². The third kappa shape index (κ3) is 2.92. The molecule has 0 radical (unpaired) electrons. The minimum absolute atomic E-state index is 0.0102. The lowest BCUT2D eigenvalue weighted by Gasteiger charge is -2.13. The molecule has 0 aliphatic heterocycles. The Kier molecular flexibility index (Phi) is 4.05. The van der Waals surface area contributed by atoms with Crippen molar-refractivity contribution in [3.05, 3.63) is 23.9 Å². The lowest BCUT2D eigenvalue weighted by atomic mass is 10.2. The number of nitrogens with zero attached hydrogens (tertiary/aromatic N) is 1. The summed E-state index contributed by atoms with van der Waals surface area (Å²) in [4.78, 5) is 15.5. The van der Waals surface area contributed by atoms with Crippen molar-refractivity contribution in [2.75, 3.05) is 19.0 Å². The monoisotopic (exact) mass is 209 g/mol. The van der Waals surface area contributed by atoms with E-state index in [0.717, 1.165) is 0 Å². The highest BCUT2D eigenvalue weighted by atomic mass is 16.3. The largest absolute Gasteiger partial charge is 0.394 e. The van der Waals surface area contributed by atoms with Gasteiger partial charge >= 0.3 is 0 Å². The van der Waals surface area contributed by atoms with Crippen LogP contribution in [0.1, 0.15) is 17.3 Å². The molecule has 1 rings (SSSR count). The molecule has 3 N–H and O–H groups in total. The van der Waals surface area contributed by atoms with Crippen LogP contribution in [0.3, 0.4) is 0 Å². The van der Waals surface area contributed by atoms with Gasteiger partial charge in [0.25, 0.3) is 5.91 Å². The summed E-state index contributed by atoms with van der Waals surface area (Å²) in [5.41, 5.74) is 0.472. The molecule has 5 heteroatoms. The van der Waals surface area contributed by atoms with Crippen molar-refractivity contribution in [1.82, 2.24) is 10.3 Å². The van der Waals surface area contributed by atoms with Crippen LogP contribution < -0.4 is 10.6 Å². The van der Waals surface area contributed by atoms with Crippen molar-refractivity contribution in [2.24, 2.45) is 0 Å². The van der Waals surface area contributed by atoms with E-state index < -0.39 is 0 Å². The molecule has 0 aromatic carbocycles. The lowest BCUT2D eigenvalue weighted by molar-refractivity contribution is 0.0963. The Morgan fingerprint density at radius 2 is 2.40 bits per heavy atom. The van der Waals surface area contributed by atoms with Crippen LogP contribution in [0.2, 0.25) is 0 Å². The van der Waals surface area contributed by atoms with Gasteiger partial charge in [-0.3, -0.25) is 4.79 Å². The first-order chi connectivity index (χ1) is 7.19. The number of aromatic nitrogens is 1. The molecule has 5 nitrogen and oxygen atoms in total. The van der Waals surface area contributed by atoms with Gasteiger partial charge in [0.1, 0.15) is 5.82 Å². The minimum Gasteiger partial charge on any atom is -0.394 e. The SMILES string of the molecule is CNC(=O)c1cccnc1N[C@H](C)CO. The van der Waals surface area contributed by atoms with Crippen LogP contribution in [0.5, 0.6) is 0 Å². The Bertz CT molecular complexity index is 341. The number of hydrogen-bond acceptors (Lipinski definition) is 4. The van der Waals surface area contributed by atoms with Gasteiger partial charge in [-0.05, 0) is 19.1 Å². The average molecular weight is 209 g/mol. The number of anilines is 1. The fraction of sp³-hybridized carbons (Fsp3) is 0.400. The predicted molar refractivity (Wildman–Crippen MR) is 57.8 cm³/mol. The molecule has 0 bridgehead atoms. The van der Waals surface area contributed by atoms with Crippen molar-refractivity contribution >= 4 is 11.7 Å². The Balaban J connectivity index is 2.91. The molecule has 1 heterocycles. The molecule has 1 amide bonds. The van der Waals surface area contributed by atoms with Crippen molar-refractivity contribution in [3.8, 4) is 0 Å². The molecule has 0 fully saturated rings. The zero-order chi connectivity index (χ0) is 11.3. The van der Waals surface area contributed by atoms with Gasteiger partial charge in [0.05, 0.1) is 12.2 Å². The number of aliphatic hydroxyl groups is 1. The first kappa shape index (κ1) is 11.5. The van der Waals surface area contributed by atoms with Gasteiger partial charge in [-0.1, -0.05) is 0 Å². The van der Waals surface area contributed by atoms with Gasteiger partial charge in [-0.25, -0.2) is 4.98 Å². The fourth-order valence-corrected chi connectivity index (χ4v) is 1.12. The maximum absolute atomic E-state index is 11.5. The highest BCUT2D eigenvalue weighted by Crippen LogP contribution is 2.11. The Morgan fingerprint density at radius 1 is 1.67 bits per heavy atom. The second-order valence-corrected chi connectivity index (χ2v) is 3.21. The number of pyridine rings is 1. The van der Waals surface area contributed by atoms with Crippen LogP contribution in [0.15, 0.2) is 18.3 Å². The number of carbonyl (C=O) groups excluding carboxylic acids is 1. The normalized spacial score (nSPS) is 11.9. The molecule has 0 saturated heterocycles. The Morgan fingerprint density at radius 3 is 3.00 bits per heavy atom. The number of amides is 1. The van der Waals surface area contributed by atoms with Crippen LogP contribution in [0.4, 0.5) is 5.82 Å². The van der Waals surface area contributed by atoms with Crippen molar-refractivity contribution in [1.29, 1.82) is 0 Å².